The van der Waals surface area contributed by atoms with E-state index in [9.17, 15) is 4.79 Å². The lowest BCUT2D eigenvalue weighted by Gasteiger charge is -2.35. The van der Waals surface area contributed by atoms with Gasteiger partial charge in [0.2, 0.25) is 0 Å². The predicted molar refractivity (Wildman–Crippen MR) is 92.4 cm³/mol. The first kappa shape index (κ1) is 16.7. The number of ether oxygens (including phenoxy) is 1. The molecule has 126 valence electrons. The number of halogens is 1. The van der Waals surface area contributed by atoms with Gasteiger partial charge in [0.25, 0.3) is 5.91 Å². The molecule has 6 nitrogen and oxygen atoms in total. The van der Waals surface area contributed by atoms with Crippen molar-refractivity contribution in [2.75, 3.05) is 24.6 Å². The van der Waals surface area contributed by atoms with Gasteiger partial charge in [-0.15, -0.1) is 10.2 Å². The zero-order chi connectivity index (χ0) is 17.3. The molecule has 0 radical (unpaired) electrons. The summed E-state index contributed by atoms with van der Waals surface area (Å²) in [5, 5.41) is 8.07. The van der Waals surface area contributed by atoms with E-state index in [0.29, 0.717) is 25.5 Å². The zero-order valence-electron chi connectivity index (χ0n) is 13.6. The Kier molecular flexibility index (Phi) is 4.69. The third-order valence-corrected chi connectivity index (χ3v) is 4.33. The van der Waals surface area contributed by atoms with Gasteiger partial charge in [-0.3, -0.25) is 4.79 Å². The number of carbonyl (C=O) groups is 1. The number of nitrogens with two attached hydrogens (primary N) is 1. The van der Waals surface area contributed by atoms with E-state index in [1.165, 1.54) is 17.2 Å². The van der Waals surface area contributed by atoms with Crippen LogP contribution in [0.15, 0.2) is 24.3 Å². The largest absolute Gasteiger partial charge is 0.370 e. The van der Waals surface area contributed by atoms with E-state index in [-0.39, 0.29) is 16.8 Å². The number of amides is 1. The average molecular weight is 347 g/mol. The first-order valence-corrected chi connectivity index (χ1v) is 8.10. The Morgan fingerprint density at radius 1 is 1.33 bits per heavy atom. The molecule has 1 aliphatic rings. The molecule has 1 aromatic carbocycles. The highest BCUT2D eigenvalue weighted by Crippen LogP contribution is 2.29. The average Bonchev–Trinajstić information content (AvgIpc) is 2.55. The summed E-state index contributed by atoms with van der Waals surface area (Å²) in [5.41, 5.74) is 9.25. The topological polar surface area (TPSA) is 81.3 Å². The number of aryl methyl sites for hydroxylation is 2. The number of nitrogens with zero attached hydrogens (tertiary/aromatic N) is 3. The second kappa shape index (κ2) is 6.75. The maximum atomic E-state index is 11.7. The van der Waals surface area contributed by atoms with Gasteiger partial charge in [0, 0.05) is 13.1 Å². The minimum absolute atomic E-state index is 0.0995. The summed E-state index contributed by atoms with van der Waals surface area (Å²) in [4.78, 5) is 13.7. The van der Waals surface area contributed by atoms with Gasteiger partial charge < -0.3 is 15.4 Å². The third-order valence-electron chi connectivity index (χ3n) is 4.15. The Labute approximate surface area is 145 Å². The molecule has 0 aliphatic carbocycles. The van der Waals surface area contributed by atoms with Crippen LogP contribution < -0.4 is 10.6 Å². The molecular weight excluding hydrogens is 328 g/mol. The normalized spacial score (nSPS) is 17.8. The van der Waals surface area contributed by atoms with Crippen LogP contribution >= 0.6 is 11.6 Å². The van der Waals surface area contributed by atoms with Crippen molar-refractivity contribution in [2.24, 2.45) is 5.73 Å². The van der Waals surface area contributed by atoms with E-state index in [1.807, 2.05) is 4.90 Å². The van der Waals surface area contributed by atoms with Crippen molar-refractivity contribution in [1.29, 1.82) is 0 Å². The molecule has 0 spiro atoms. The monoisotopic (exact) mass is 346 g/mol. The fourth-order valence-corrected chi connectivity index (χ4v) is 3.14. The lowest BCUT2D eigenvalue weighted by molar-refractivity contribution is 0.0390. The quantitative estimate of drug-likeness (QED) is 0.923. The minimum Gasteiger partial charge on any atom is -0.370 e. The predicted octanol–water partition coefficient (Wildman–Crippen LogP) is 2.42. The number of carbonyl (C=O) groups excluding carboxylic acids is 1. The standard InChI is InChI=1S/C17H19ClN4O2/c1-10-3-4-12(11(2)7-10)14-9-22(5-6-24-14)17-13(16(19)23)8-15(18)20-21-17/h3-4,7-8,14H,5-6,9H2,1-2H3,(H2,19,23). The molecule has 24 heavy (non-hydrogen) atoms. The molecule has 1 amide bonds. The number of anilines is 1. The van der Waals surface area contributed by atoms with Crippen molar-refractivity contribution in [3.05, 3.63) is 51.7 Å². The van der Waals surface area contributed by atoms with Gasteiger partial charge in [-0.2, -0.15) is 0 Å². The highest BCUT2D eigenvalue weighted by molar-refractivity contribution is 6.29. The first-order valence-electron chi connectivity index (χ1n) is 7.72. The van der Waals surface area contributed by atoms with Crippen LogP contribution in [0.2, 0.25) is 5.15 Å². The van der Waals surface area contributed by atoms with Crippen molar-refractivity contribution >= 4 is 23.3 Å². The number of rotatable bonds is 3. The summed E-state index contributed by atoms with van der Waals surface area (Å²) in [5.74, 6) is -0.124. The summed E-state index contributed by atoms with van der Waals surface area (Å²) >= 11 is 5.84. The summed E-state index contributed by atoms with van der Waals surface area (Å²) in [6, 6.07) is 7.74. The van der Waals surface area contributed by atoms with Crippen molar-refractivity contribution in [1.82, 2.24) is 10.2 Å². The second-order valence-corrected chi connectivity index (χ2v) is 6.32. The van der Waals surface area contributed by atoms with E-state index < -0.39 is 5.91 Å². The molecule has 2 heterocycles. The number of morpholine rings is 1. The maximum absolute atomic E-state index is 11.7. The number of primary amides is 1. The van der Waals surface area contributed by atoms with Gasteiger partial charge in [-0.25, -0.2) is 0 Å². The Morgan fingerprint density at radius 3 is 2.83 bits per heavy atom. The number of aromatic nitrogens is 2. The second-order valence-electron chi connectivity index (χ2n) is 5.93. The zero-order valence-corrected chi connectivity index (χ0v) is 14.4. The van der Waals surface area contributed by atoms with Crippen LogP contribution in [-0.2, 0) is 4.74 Å². The molecule has 2 aromatic rings. The highest BCUT2D eigenvalue weighted by Gasteiger charge is 2.27. The van der Waals surface area contributed by atoms with E-state index in [1.54, 1.807) is 0 Å². The van der Waals surface area contributed by atoms with Crippen LogP contribution in [-0.4, -0.2) is 35.8 Å². The van der Waals surface area contributed by atoms with Crippen LogP contribution in [0, 0.1) is 13.8 Å². The molecule has 0 bridgehead atoms. The molecule has 2 N–H and O–H groups in total. The van der Waals surface area contributed by atoms with Crippen LogP contribution in [0.25, 0.3) is 0 Å². The molecule has 7 heteroatoms. The third kappa shape index (κ3) is 3.34. The number of hydrogen-bond acceptors (Lipinski definition) is 5. The van der Waals surface area contributed by atoms with Crippen molar-refractivity contribution in [2.45, 2.75) is 20.0 Å². The summed E-state index contributed by atoms with van der Waals surface area (Å²) < 4.78 is 5.93. The molecule has 1 aliphatic heterocycles. The lowest BCUT2D eigenvalue weighted by Crippen LogP contribution is -2.40. The fraction of sp³-hybridized carbons (Fsp3) is 0.353. The molecule has 1 unspecified atom stereocenters. The van der Waals surface area contributed by atoms with Gasteiger partial charge >= 0.3 is 0 Å². The van der Waals surface area contributed by atoms with Gasteiger partial charge in [0.15, 0.2) is 11.0 Å². The van der Waals surface area contributed by atoms with E-state index in [2.05, 4.69) is 42.2 Å². The van der Waals surface area contributed by atoms with Gasteiger partial charge in [-0.1, -0.05) is 35.4 Å². The molecule has 0 saturated carbocycles. The fourth-order valence-electron chi connectivity index (χ4n) is 2.99. The summed E-state index contributed by atoms with van der Waals surface area (Å²) in [6.45, 7) is 5.84. The van der Waals surface area contributed by atoms with Gasteiger partial charge in [-0.05, 0) is 31.0 Å². The molecule has 1 atom stereocenters. The van der Waals surface area contributed by atoms with Gasteiger partial charge in [0.05, 0.1) is 12.2 Å². The Balaban J connectivity index is 1.90. The van der Waals surface area contributed by atoms with Crippen molar-refractivity contribution in [3.63, 3.8) is 0 Å². The van der Waals surface area contributed by atoms with Crippen LogP contribution in [0.3, 0.4) is 0 Å². The molecule has 1 saturated heterocycles. The van der Waals surface area contributed by atoms with Crippen LogP contribution in [0.1, 0.15) is 33.2 Å². The smallest absolute Gasteiger partial charge is 0.252 e. The van der Waals surface area contributed by atoms with Crippen molar-refractivity contribution in [3.8, 4) is 0 Å². The SMILES string of the molecule is Cc1ccc(C2CN(c3nnc(Cl)cc3C(N)=O)CCO2)c(C)c1. The van der Waals surface area contributed by atoms with Crippen LogP contribution in [0.5, 0.6) is 0 Å². The molecule has 1 aromatic heterocycles. The first-order chi connectivity index (χ1) is 11.5. The summed E-state index contributed by atoms with van der Waals surface area (Å²) in [6.07, 6.45) is -0.0995. The molecular formula is C17H19ClN4O2. The van der Waals surface area contributed by atoms with Crippen LogP contribution in [0.4, 0.5) is 5.82 Å². The van der Waals surface area contributed by atoms with E-state index in [4.69, 9.17) is 22.1 Å². The number of hydrogen-bond donors (Lipinski definition) is 1. The van der Waals surface area contributed by atoms with Gasteiger partial charge in [0.1, 0.15) is 6.10 Å². The minimum atomic E-state index is -0.573. The molecule has 1 fully saturated rings. The number of benzene rings is 1. The lowest BCUT2D eigenvalue weighted by atomic mass is 10.00. The Bertz CT molecular complexity index is 781. The Morgan fingerprint density at radius 2 is 2.12 bits per heavy atom. The highest BCUT2D eigenvalue weighted by atomic mass is 35.5. The Hall–Kier alpha value is -2.18. The maximum Gasteiger partial charge on any atom is 0.252 e. The van der Waals surface area contributed by atoms with E-state index >= 15 is 0 Å². The molecule has 3 rings (SSSR count). The summed E-state index contributed by atoms with van der Waals surface area (Å²) in [7, 11) is 0. The van der Waals surface area contributed by atoms with Crippen molar-refractivity contribution < 1.29 is 9.53 Å². The van der Waals surface area contributed by atoms with E-state index in [0.717, 1.165) is 5.56 Å².